The summed E-state index contributed by atoms with van der Waals surface area (Å²) in [4.78, 5) is 8.59. The van der Waals surface area contributed by atoms with Gasteiger partial charge in [-0.3, -0.25) is 0 Å². The molecule has 0 fully saturated rings. The summed E-state index contributed by atoms with van der Waals surface area (Å²) in [5, 5.41) is 12.4. The van der Waals surface area contributed by atoms with Crippen LogP contribution in [-0.2, 0) is 14.2 Å². The van der Waals surface area contributed by atoms with Crippen molar-refractivity contribution in [1.29, 1.82) is 0 Å². The molecule has 0 unspecified atom stereocenters. The first kappa shape index (κ1) is 24.6. The Balaban J connectivity index is 1.52. The van der Waals surface area contributed by atoms with Crippen LogP contribution in [0.25, 0.3) is 10.9 Å². The summed E-state index contributed by atoms with van der Waals surface area (Å²) in [5.74, 6) is 1.24. The molecule has 0 aliphatic rings. The predicted octanol–water partition coefficient (Wildman–Crippen LogP) is 2.94. The van der Waals surface area contributed by atoms with E-state index in [0.717, 1.165) is 0 Å². The van der Waals surface area contributed by atoms with Gasteiger partial charge in [-0.05, 0) is 24.3 Å². The lowest BCUT2D eigenvalue weighted by molar-refractivity contribution is 0.00352. The van der Waals surface area contributed by atoms with Crippen LogP contribution in [0.4, 0.5) is 15.9 Å². The second-order valence-corrected chi connectivity index (χ2v) is 6.79. The van der Waals surface area contributed by atoms with E-state index in [1.54, 1.807) is 31.4 Å². The molecule has 0 radical (unpaired) electrons. The molecule has 1 aromatic heterocycles. The average Bonchev–Trinajstić information content (AvgIpc) is 2.82. The number of nitrogens with one attached hydrogen (secondary N) is 1. The number of halogens is 1. The predicted molar refractivity (Wildman–Crippen MR) is 121 cm³/mol. The van der Waals surface area contributed by atoms with Gasteiger partial charge in [-0.1, -0.05) is 6.07 Å². The van der Waals surface area contributed by atoms with Crippen molar-refractivity contribution in [1.82, 2.24) is 9.97 Å². The van der Waals surface area contributed by atoms with Crippen LogP contribution in [0.1, 0.15) is 0 Å². The second-order valence-electron chi connectivity index (χ2n) is 6.79. The largest absolute Gasteiger partial charge is 0.493 e. The maximum absolute atomic E-state index is 13.5. The second kappa shape index (κ2) is 13.5. The Bertz CT molecular complexity index is 1010. The molecule has 0 atom stereocenters. The van der Waals surface area contributed by atoms with Crippen LogP contribution in [0.3, 0.4) is 0 Å². The fraction of sp³-hybridized carbons (Fsp3) is 0.391. The Morgan fingerprint density at radius 1 is 0.879 bits per heavy atom. The zero-order valence-electron chi connectivity index (χ0n) is 18.5. The van der Waals surface area contributed by atoms with Crippen molar-refractivity contribution in [2.24, 2.45) is 0 Å². The van der Waals surface area contributed by atoms with Gasteiger partial charge < -0.3 is 34.1 Å². The number of hydrogen-bond acceptors (Lipinski definition) is 9. The third-order valence-electron chi connectivity index (χ3n) is 4.47. The number of fused-ring (bicyclic) bond motifs is 1. The number of benzene rings is 2. The SMILES string of the molecule is COc1cc2c(Nc3cccc(F)c3)ncnc2cc1OCCOCCOCCOCCO. The summed E-state index contributed by atoms with van der Waals surface area (Å²) in [7, 11) is 1.55. The van der Waals surface area contributed by atoms with Gasteiger partial charge in [0, 0.05) is 17.1 Å². The molecule has 0 amide bonds. The van der Waals surface area contributed by atoms with E-state index in [4.69, 9.17) is 28.8 Å². The first-order chi connectivity index (χ1) is 16.2. The van der Waals surface area contributed by atoms with Crippen molar-refractivity contribution in [3.63, 3.8) is 0 Å². The Labute approximate surface area is 191 Å². The lowest BCUT2D eigenvalue weighted by atomic mass is 10.2. The number of hydrogen-bond donors (Lipinski definition) is 2. The number of methoxy groups -OCH3 is 1. The maximum Gasteiger partial charge on any atom is 0.163 e. The van der Waals surface area contributed by atoms with Crippen LogP contribution in [0.15, 0.2) is 42.7 Å². The van der Waals surface area contributed by atoms with Crippen LogP contribution in [-0.4, -0.2) is 75.0 Å². The molecule has 3 aromatic rings. The van der Waals surface area contributed by atoms with Crippen LogP contribution in [0.5, 0.6) is 11.5 Å². The number of anilines is 2. The maximum atomic E-state index is 13.5. The molecular weight excluding hydrogens is 433 g/mol. The third-order valence-corrected chi connectivity index (χ3v) is 4.47. The fourth-order valence-corrected chi connectivity index (χ4v) is 2.96. The highest BCUT2D eigenvalue weighted by Gasteiger charge is 2.12. The normalized spacial score (nSPS) is 11.0. The molecule has 0 saturated carbocycles. The summed E-state index contributed by atoms with van der Waals surface area (Å²) in [6.07, 6.45) is 1.43. The Kier molecular flexibility index (Phi) is 10.0. The van der Waals surface area contributed by atoms with E-state index in [0.29, 0.717) is 80.2 Å². The fourth-order valence-electron chi connectivity index (χ4n) is 2.96. The number of ether oxygens (including phenoxy) is 5. The van der Waals surface area contributed by atoms with E-state index >= 15 is 0 Å². The molecule has 2 N–H and O–H groups in total. The first-order valence-electron chi connectivity index (χ1n) is 10.5. The smallest absolute Gasteiger partial charge is 0.163 e. The molecule has 33 heavy (non-hydrogen) atoms. The minimum absolute atomic E-state index is 0.00498. The molecule has 0 bridgehead atoms. The lowest BCUT2D eigenvalue weighted by Gasteiger charge is -2.14. The van der Waals surface area contributed by atoms with E-state index in [1.165, 1.54) is 18.5 Å². The highest BCUT2D eigenvalue weighted by molar-refractivity contribution is 5.93. The number of rotatable bonds is 15. The highest BCUT2D eigenvalue weighted by Crippen LogP contribution is 2.34. The van der Waals surface area contributed by atoms with Gasteiger partial charge in [-0.2, -0.15) is 0 Å². The van der Waals surface area contributed by atoms with Crippen LogP contribution >= 0.6 is 0 Å². The topological polar surface area (TPSA) is 104 Å². The zero-order valence-corrected chi connectivity index (χ0v) is 18.5. The van der Waals surface area contributed by atoms with Gasteiger partial charge >= 0.3 is 0 Å². The molecule has 178 valence electrons. The quantitative estimate of drug-likeness (QED) is 0.331. The van der Waals surface area contributed by atoms with E-state index in [-0.39, 0.29) is 12.4 Å². The van der Waals surface area contributed by atoms with Crippen molar-refractivity contribution in [3.8, 4) is 11.5 Å². The van der Waals surface area contributed by atoms with Crippen LogP contribution < -0.4 is 14.8 Å². The van der Waals surface area contributed by atoms with Gasteiger partial charge in [-0.15, -0.1) is 0 Å². The molecule has 10 heteroatoms. The minimum Gasteiger partial charge on any atom is -0.493 e. The molecule has 0 aliphatic carbocycles. The van der Waals surface area contributed by atoms with E-state index < -0.39 is 0 Å². The molecule has 0 saturated heterocycles. The number of aromatic nitrogens is 2. The number of aliphatic hydroxyl groups excluding tert-OH is 1. The van der Waals surface area contributed by atoms with Crippen LogP contribution in [0, 0.1) is 5.82 Å². The van der Waals surface area contributed by atoms with E-state index in [9.17, 15) is 4.39 Å². The summed E-state index contributed by atoms with van der Waals surface area (Å²) < 4.78 is 40.7. The summed E-state index contributed by atoms with van der Waals surface area (Å²) in [6, 6.07) is 9.68. The van der Waals surface area contributed by atoms with Crippen molar-refractivity contribution in [3.05, 3.63) is 48.5 Å². The van der Waals surface area contributed by atoms with E-state index in [2.05, 4.69) is 15.3 Å². The average molecular weight is 461 g/mol. The Morgan fingerprint density at radius 2 is 1.61 bits per heavy atom. The molecule has 3 rings (SSSR count). The Hall–Kier alpha value is -3.05. The van der Waals surface area contributed by atoms with Gasteiger partial charge in [0.05, 0.1) is 58.9 Å². The van der Waals surface area contributed by atoms with Gasteiger partial charge in [-0.25, -0.2) is 14.4 Å². The van der Waals surface area contributed by atoms with Gasteiger partial charge in [0.2, 0.25) is 0 Å². The van der Waals surface area contributed by atoms with Crippen molar-refractivity contribution in [2.75, 3.05) is 65.3 Å². The molecule has 0 aliphatic heterocycles. The van der Waals surface area contributed by atoms with Crippen LogP contribution in [0.2, 0.25) is 0 Å². The monoisotopic (exact) mass is 461 g/mol. The van der Waals surface area contributed by atoms with Gasteiger partial charge in [0.25, 0.3) is 0 Å². The standard InChI is InChI=1S/C23H28FN3O6/c1-29-21-14-19-20(25-16-26-23(19)27-18-4-2-3-17(24)13-18)15-22(21)33-12-11-32-10-9-31-8-7-30-6-5-28/h2-4,13-16,28H,5-12H2,1H3,(H,25,26,27). The zero-order chi connectivity index (χ0) is 23.3. The Morgan fingerprint density at radius 3 is 2.30 bits per heavy atom. The van der Waals surface area contributed by atoms with Crippen molar-refractivity contribution < 1.29 is 33.2 Å². The van der Waals surface area contributed by atoms with Gasteiger partial charge in [0.1, 0.15) is 24.6 Å². The van der Waals surface area contributed by atoms with Crippen molar-refractivity contribution >= 4 is 22.4 Å². The molecule has 2 aromatic carbocycles. The minimum atomic E-state index is -0.340. The summed E-state index contributed by atoms with van der Waals surface area (Å²) >= 11 is 0. The lowest BCUT2D eigenvalue weighted by Crippen LogP contribution is -2.13. The highest BCUT2D eigenvalue weighted by atomic mass is 19.1. The molecular formula is C23H28FN3O6. The first-order valence-corrected chi connectivity index (χ1v) is 10.5. The van der Waals surface area contributed by atoms with E-state index in [1.807, 2.05) is 0 Å². The summed E-state index contributed by atoms with van der Waals surface area (Å²) in [6.45, 7) is 2.78. The van der Waals surface area contributed by atoms with Crippen molar-refractivity contribution in [2.45, 2.75) is 0 Å². The third kappa shape index (κ3) is 7.79. The number of aliphatic hydroxyl groups is 1. The number of nitrogens with zero attached hydrogens (tertiary/aromatic N) is 2. The van der Waals surface area contributed by atoms with Gasteiger partial charge in [0.15, 0.2) is 11.5 Å². The summed E-state index contributed by atoms with van der Waals surface area (Å²) in [5.41, 5.74) is 1.23. The molecule has 9 nitrogen and oxygen atoms in total. The molecule has 1 heterocycles. The molecule has 0 spiro atoms.